The highest BCUT2D eigenvalue weighted by atomic mass is 32.2. The van der Waals surface area contributed by atoms with Gasteiger partial charge in [0.2, 0.25) is 9.84 Å². The van der Waals surface area contributed by atoms with Gasteiger partial charge in [0.05, 0.1) is 38.1 Å². The zero-order valence-electron chi connectivity index (χ0n) is 26.2. The van der Waals surface area contributed by atoms with Crippen molar-refractivity contribution in [3.63, 3.8) is 0 Å². The monoisotopic (exact) mass is 652 g/mol. The molecule has 1 aromatic heterocycles. The van der Waals surface area contributed by atoms with Crippen molar-refractivity contribution < 1.29 is 13.2 Å². The number of pyridine rings is 1. The second-order valence-electron chi connectivity index (χ2n) is 12.0. The molecular weight excluding hydrogens is 625 g/mol. The van der Waals surface area contributed by atoms with E-state index in [1.165, 1.54) is 0 Å². The number of anilines is 3. The lowest BCUT2D eigenvalue weighted by atomic mass is 9.93. The van der Waals surface area contributed by atoms with Gasteiger partial charge in [-0.25, -0.2) is 13.4 Å². The Morgan fingerprint density at radius 3 is 1.82 bits per heavy atom. The first kappa shape index (κ1) is 28.9. The molecule has 0 radical (unpaired) electrons. The van der Waals surface area contributed by atoms with E-state index in [9.17, 15) is 8.42 Å². The van der Waals surface area contributed by atoms with Gasteiger partial charge in [0.1, 0.15) is 0 Å². The third-order valence-corrected chi connectivity index (χ3v) is 10.9. The Balaban J connectivity index is 1.30. The van der Waals surface area contributed by atoms with E-state index < -0.39 is 9.84 Å². The molecule has 49 heavy (non-hydrogen) atoms. The van der Waals surface area contributed by atoms with Gasteiger partial charge in [-0.2, -0.15) is 0 Å². The number of fused-ring (bicyclic) bond motifs is 4. The van der Waals surface area contributed by atoms with E-state index in [1.54, 1.807) is 36.4 Å². The molecule has 0 unspecified atom stereocenters. The standard InChI is InChI=1S/C43H28N2O3S/c46-49(47,31-14-2-1-3-15-31)32-26-24-30(25-27-32)37-28-36(34-17-10-13-29-12-4-5-16-33(29)34)35-18-11-21-40(43(35)44-37)45-38-19-6-8-22-41(38)48-42-23-9-7-20-39(42)45/h1-28H. The van der Waals surface area contributed by atoms with Crippen molar-refractivity contribution in [2.45, 2.75) is 9.79 Å². The van der Waals surface area contributed by atoms with Gasteiger partial charge in [-0.05, 0) is 82.6 Å². The maximum Gasteiger partial charge on any atom is 0.206 e. The van der Waals surface area contributed by atoms with Crippen molar-refractivity contribution in [3.05, 3.63) is 170 Å². The third-order valence-electron chi connectivity index (χ3n) is 9.09. The summed E-state index contributed by atoms with van der Waals surface area (Å²) in [5.74, 6) is 1.53. The lowest BCUT2D eigenvalue weighted by Crippen LogP contribution is -2.16. The van der Waals surface area contributed by atoms with Crippen LogP contribution in [-0.2, 0) is 9.84 Å². The lowest BCUT2D eigenvalue weighted by molar-refractivity contribution is 0.477. The molecule has 1 aliphatic heterocycles. The molecule has 0 N–H and O–H groups in total. The van der Waals surface area contributed by atoms with Crippen molar-refractivity contribution in [1.82, 2.24) is 4.98 Å². The lowest BCUT2D eigenvalue weighted by Gasteiger charge is -2.33. The van der Waals surface area contributed by atoms with Crippen LogP contribution < -0.4 is 9.64 Å². The number of nitrogens with zero attached hydrogens (tertiary/aromatic N) is 2. The van der Waals surface area contributed by atoms with E-state index in [4.69, 9.17) is 9.72 Å². The minimum atomic E-state index is -3.67. The molecule has 0 bridgehead atoms. The van der Waals surface area contributed by atoms with Crippen LogP contribution in [0.25, 0.3) is 44.1 Å². The predicted molar refractivity (Wildman–Crippen MR) is 197 cm³/mol. The summed E-state index contributed by atoms with van der Waals surface area (Å²) >= 11 is 0. The van der Waals surface area contributed by atoms with Gasteiger partial charge >= 0.3 is 0 Å². The predicted octanol–water partition coefficient (Wildman–Crippen LogP) is 11.1. The minimum absolute atomic E-state index is 0.236. The van der Waals surface area contributed by atoms with E-state index in [0.29, 0.717) is 0 Å². The Bertz CT molecular complexity index is 2600. The highest BCUT2D eigenvalue weighted by Crippen LogP contribution is 2.52. The highest BCUT2D eigenvalue weighted by molar-refractivity contribution is 7.91. The molecule has 6 heteroatoms. The highest BCUT2D eigenvalue weighted by Gasteiger charge is 2.28. The maximum atomic E-state index is 13.4. The fourth-order valence-electron chi connectivity index (χ4n) is 6.75. The van der Waals surface area contributed by atoms with Crippen molar-refractivity contribution in [3.8, 4) is 33.9 Å². The van der Waals surface area contributed by atoms with E-state index in [1.807, 2.05) is 54.6 Å². The van der Waals surface area contributed by atoms with Gasteiger partial charge in [-0.1, -0.05) is 109 Å². The number of aromatic nitrogens is 1. The number of para-hydroxylation sites is 5. The summed E-state index contributed by atoms with van der Waals surface area (Å²) in [6.07, 6.45) is 0. The minimum Gasteiger partial charge on any atom is -0.453 e. The van der Waals surface area contributed by atoms with E-state index >= 15 is 0 Å². The number of hydrogen-bond donors (Lipinski definition) is 0. The van der Waals surface area contributed by atoms with Crippen LogP contribution in [0.4, 0.5) is 17.1 Å². The SMILES string of the molecule is O=S(=O)(c1ccccc1)c1ccc(-c2cc(-c3cccc4ccccc34)c3cccc(N4c5ccccc5Oc5ccccc54)c3n2)cc1. The summed E-state index contributed by atoms with van der Waals surface area (Å²) < 4.78 is 33.2. The molecule has 1 aliphatic rings. The first-order valence-electron chi connectivity index (χ1n) is 16.0. The average Bonchev–Trinajstić information content (AvgIpc) is 3.16. The number of benzene rings is 7. The Kier molecular flexibility index (Phi) is 6.78. The smallest absolute Gasteiger partial charge is 0.206 e. The number of sulfone groups is 1. The first-order chi connectivity index (χ1) is 24.1. The van der Waals surface area contributed by atoms with Crippen molar-refractivity contribution in [2.75, 3.05) is 4.90 Å². The summed E-state index contributed by atoms with van der Waals surface area (Å²) in [6.45, 7) is 0. The van der Waals surface area contributed by atoms with Crippen LogP contribution in [0.15, 0.2) is 180 Å². The van der Waals surface area contributed by atoms with Gasteiger partial charge < -0.3 is 9.64 Å². The molecule has 0 aliphatic carbocycles. The normalized spacial score (nSPS) is 12.4. The molecule has 0 saturated heterocycles. The van der Waals surface area contributed by atoms with Crippen LogP contribution in [0.3, 0.4) is 0 Å². The molecule has 0 spiro atoms. The summed E-state index contributed by atoms with van der Waals surface area (Å²) in [6, 6.07) is 54.8. The third kappa shape index (κ3) is 4.84. The van der Waals surface area contributed by atoms with Gasteiger partial charge in [0.25, 0.3) is 0 Å². The molecule has 9 rings (SSSR count). The Morgan fingerprint density at radius 2 is 1.06 bits per heavy atom. The fraction of sp³-hybridized carbons (Fsp3) is 0. The van der Waals surface area contributed by atoms with E-state index in [0.717, 1.165) is 72.6 Å². The van der Waals surface area contributed by atoms with E-state index in [2.05, 4.69) is 83.8 Å². The van der Waals surface area contributed by atoms with Gasteiger partial charge in [-0.3, -0.25) is 0 Å². The molecule has 2 heterocycles. The van der Waals surface area contributed by atoms with Crippen molar-refractivity contribution in [1.29, 1.82) is 0 Å². The van der Waals surface area contributed by atoms with Gasteiger partial charge in [0, 0.05) is 10.9 Å². The van der Waals surface area contributed by atoms with Crippen LogP contribution in [0.1, 0.15) is 0 Å². The molecule has 0 amide bonds. The topological polar surface area (TPSA) is 59.5 Å². The molecule has 0 saturated carbocycles. The molecular formula is C43H28N2O3S. The molecule has 0 atom stereocenters. The number of ether oxygens (including phenoxy) is 1. The molecule has 8 aromatic rings. The molecule has 5 nitrogen and oxygen atoms in total. The molecule has 7 aromatic carbocycles. The van der Waals surface area contributed by atoms with Crippen LogP contribution in [0.5, 0.6) is 11.5 Å². The average molecular weight is 653 g/mol. The quantitative estimate of drug-likeness (QED) is 0.185. The maximum absolute atomic E-state index is 13.4. The zero-order chi connectivity index (χ0) is 33.0. The zero-order valence-corrected chi connectivity index (χ0v) is 27.0. The molecule has 234 valence electrons. The molecule has 0 fully saturated rings. The number of hydrogen-bond acceptors (Lipinski definition) is 5. The van der Waals surface area contributed by atoms with Crippen molar-refractivity contribution in [2.24, 2.45) is 0 Å². The van der Waals surface area contributed by atoms with Crippen LogP contribution in [0, 0.1) is 0 Å². The summed E-state index contributed by atoms with van der Waals surface area (Å²) in [5.41, 5.74) is 7.24. The van der Waals surface area contributed by atoms with Gasteiger partial charge in [0.15, 0.2) is 11.5 Å². The van der Waals surface area contributed by atoms with Crippen LogP contribution >= 0.6 is 0 Å². The number of rotatable bonds is 5. The fourth-order valence-corrected chi connectivity index (χ4v) is 8.03. The van der Waals surface area contributed by atoms with Crippen LogP contribution in [-0.4, -0.2) is 13.4 Å². The first-order valence-corrected chi connectivity index (χ1v) is 17.5. The second-order valence-corrected chi connectivity index (χ2v) is 13.9. The summed E-state index contributed by atoms with van der Waals surface area (Å²) in [5, 5.41) is 3.29. The largest absolute Gasteiger partial charge is 0.453 e. The van der Waals surface area contributed by atoms with E-state index in [-0.39, 0.29) is 9.79 Å². The Labute approximate surface area is 284 Å². The summed E-state index contributed by atoms with van der Waals surface area (Å²) in [4.78, 5) is 8.07. The van der Waals surface area contributed by atoms with Crippen molar-refractivity contribution >= 4 is 48.6 Å². The Hall–Kier alpha value is -6.24. The second kappa shape index (κ2) is 11.5. The summed E-state index contributed by atoms with van der Waals surface area (Å²) in [7, 11) is -3.67. The van der Waals surface area contributed by atoms with Gasteiger partial charge in [-0.15, -0.1) is 0 Å². The Morgan fingerprint density at radius 1 is 0.490 bits per heavy atom. The van der Waals surface area contributed by atoms with Crippen LogP contribution in [0.2, 0.25) is 0 Å².